The fourth-order valence-corrected chi connectivity index (χ4v) is 3.68. The summed E-state index contributed by atoms with van der Waals surface area (Å²) in [6, 6.07) is 10.1. The Morgan fingerprint density at radius 2 is 2.10 bits per heavy atom. The van der Waals surface area contributed by atoms with Gasteiger partial charge in [-0.2, -0.15) is 0 Å². The Kier molecular flexibility index (Phi) is 3.44. The fourth-order valence-electron chi connectivity index (χ4n) is 2.50. The summed E-state index contributed by atoms with van der Waals surface area (Å²) in [6.45, 7) is 0. The van der Waals surface area contributed by atoms with Crippen molar-refractivity contribution in [3.05, 3.63) is 45.1 Å². The quantitative estimate of drug-likeness (QED) is 0.911. The van der Waals surface area contributed by atoms with Gasteiger partial charge < -0.3 is 10.2 Å². The van der Waals surface area contributed by atoms with E-state index in [1.807, 2.05) is 37.2 Å². The van der Waals surface area contributed by atoms with Crippen molar-refractivity contribution in [1.29, 1.82) is 0 Å². The maximum Gasteiger partial charge on any atom is 0.225 e. The average Bonchev–Trinajstić information content (AvgIpc) is 2.83. The van der Waals surface area contributed by atoms with E-state index in [1.54, 1.807) is 11.3 Å². The Hall–Kier alpha value is -1.52. The Labute approximate surface area is 127 Å². The smallest absolute Gasteiger partial charge is 0.225 e. The molecule has 1 unspecified atom stereocenters. The summed E-state index contributed by atoms with van der Waals surface area (Å²) in [6.07, 6.45) is 0.477. The molecule has 0 bridgehead atoms. The maximum atomic E-state index is 11.9. The Morgan fingerprint density at radius 1 is 1.30 bits per heavy atom. The number of carbonyl (C=O) groups excluding carboxylic acids is 1. The standard InChI is InChI=1S/C15H15ClN2OS/c1-18(2)9-3-4-10-11(13-5-6-14(16)20-13)8-15(19)17-12(10)7-9/h3-7,11H,8H2,1-2H3,(H,17,19). The van der Waals surface area contributed by atoms with Gasteiger partial charge in [-0.1, -0.05) is 17.7 Å². The van der Waals surface area contributed by atoms with Crippen LogP contribution in [0.3, 0.4) is 0 Å². The van der Waals surface area contributed by atoms with Crippen LogP contribution in [0, 0.1) is 0 Å². The highest BCUT2D eigenvalue weighted by atomic mass is 35.5. The summed E-state index contributed by atoms with van der Waals surface area (Å²) in [5.74, 6) is 0.162. The van der Waals surface area contributed by atoms with Crippen molar-refractivity contribution < 1.29 is 4.79 Å². The van der Waals surface area contributed by atoms with Crippen LogP contribution >= 0.6 is 22.9 Å². The van der Waals surface area contributed by atoms with E-state index in [-0.39, 0.29) is 11.8 Å². The number of amides is 1. The van der Waals surface area contributed by atoms with Crippen LogP contribution in [0.15, 0.2) is 30.3 Å². The summed E-state index contributed by atoms with van der Waals surface area (Å²) < 4.78 is 0.762. The van der Waals surface area contributed by atoms with Crippen LogP contribution < -0.4 is 10.2 Å². The molecule has 1 N–H and O–H groups in total. The number of fused-ring (bicyclic) bond motifs is 1. The third-order valence-corrected chi connectivity index (χ3v) is 4.87. The molecule has 0 radical (unpaired) electrons. The summed E-state index contributed by atoms with van der Waals surface area (Å²) >= 11 is 7.57. The number of anilines is 2. The Balaban J connectivity index is 2.06. The topological polar surface area (TPSA) is 32.3 Å². The van der Waals surface area contributed by atoms with E-state index >= 15 is 0 Å². The van der Waals surface area contributed by atoms with Crippen LogP contribution in [-0.2, 0) is 4.79 Å². The zero-order valence-electron chi connectivity index (χ0n) is 11.3. The van der Waals surface area contributed by atoms with E-state index < -0.39 is 0 Å². The van der Waals surface area contributed by atoms with Gasteiger partial charge in [-0.25, -0.2) is 0 Å². The molecule has 1 amide bonds. The number of halogens is 1. The highest BCUT2D eigenvalue weighted by Crippen LogP contribution is 2.41. The number of rotatable bonds is 2. The molecule has 1 aliphatic rings. The van der Waals surface area contributed by atoms with E-state index in [0.29, 0.717) is 6.42 Å². The maximum absolute atomic E-state index is 11.9. The largest absolute Gasteiger partial charge is 0.378 e. The molecule has 20 heavy (non-hydrogen) atoms. The van der Waals surface area contributed by atoms with Gasteiger partial charge in [0.25, 0.3) is 0 Å². The molecule has 5 heteroatoms. The summed E-state index contributed by atoms with van der Waals surface area (Å²) in [4.78, 5) is 15.1. The van der Waals surface area contributed by atoms with Crippen LogP contribution in [0.1, 0.15) is 22.8 Å². The van der Waals surface area contributed by atoms with Gasteiger partial charge in [-0.3, -0.25) is 4.79 Å². The lowest BCUT2D eigenvalue weighted by molar-refractivity contribution is -0.116. The number of carbonyl (C=O) groups is 1. The van der Waals surface area contributed by atoms with Gasteiger partial charge in [0.05, 0.1) is 4.34 Å². The van der Waals surface area contributed by atoms with E-state index in [2.05, 4.69) is 17.4 Å². The molecular weight excluding hydrogens is 292 g/mol. The van der Waals surface area contributed by atoms with E-state index in [1.165, 1.54) is 0 Å². The molecule has 104 valence electrons. The van der Waals surface area contributed by atoms with Crippen LogP contribution in [0.2, 0.25) is 4.34 Å². The first-order valence-electron chi connectivity index (χ1n) is 6.41. The predicted octanol–water partition coefficient (Wildman–Crippen LogP) is 3.94. The second kappa shape index (κ2) is 5.11. The average molecular weight is 307 g/mol. The molecule has 1 aromatic heterocycles. The highest BCUT2D eigenvalue weighted by Gasteiger charge is 2.27. The van der Waals surface area contributed by atoms with Gasteiger partial charge in [-0.15, -0.1) is 11.3 Å². The minimum absolute atomic E-state index is 0.0583. The van der Waals surface area contributed by atoms with Crippen molar-refractivity contribution in [1.82, 2.24) is 0 Å². The number of benzene rings is 1. The van der Waals surface area contributed by atoms with Crippen molar-refractivity contribution in [3.63, 3.8) is 0 Å². The van der Waals surface area contributed by atoms with Crippen molar-refractivity contribution in [3.8, 4) is 0 Å². The van der Waals surface area contributed by atoms with E-state index in [9.17, 15) is 4.79 Å². The molecule has 3 nitrogen and oxygen atoms in total. The number of hydrogen-bond donors (Lipinski definition) is 1. The second-order valence-corrected chi connectivity index (χ2v) is 6.86. The molecule has 0 aliphatic carbocycles. The predicted molar refractivity (Wildman–Crippen MR) is 85.2 cm³/mol. The van der Waals surface area contributed by atoms with Gasteiger partial charge in [0.15, 0.2) is 0 Å². The first-order valence-corrected chi connectivity index (χ1v) is 7.60. The molecule has 0 spiro atoms. The van der Waals surface area contributed by atoms with Crippen molar-refractivity contribution in [2.45, 2.75) is 12.3 Å². The first kappa shape index (κ1) is 13.5. The van der Waals surface area contributed by atoms with Gasteiger partial charge in [0, 0.05) is 42.7 Å². The molecule has 0 saturated carbocycles. The monoisotopic (exact) mass is 306 g/mol. The molecule has 0 saturated heterocycles. The molecule has 1 atom stereocenters. The van der Waals surface area contributed by atoms with Crippen molar-refractivity contribution in [2.75, 3.05) is 24.3 Å². The number of hydrogen-bond acceptors (Lipinski definition) is 3. The fraction of sp³-hybridized carbons (Fsp3) is 0.267. The Bertz CT molecular complexity index is 666. The lowest BCUT2D eigenvalue weighted by Gasteiger charge is -2.26. The molecule has 1 aromatic carbocycles. The lowest BCUT2D eigenvalue weighted by atomic mass is 9.89. The summed E-state index contributed by atoms with van der Waals surface area (Å²) in [5, 5.41) is 2.97. The molecule has 2 aromatic rings. The zero-order valence-corrected chi connectivity index (χ0v) is 12.9. The normalized spacial score (nSPS) is 17.6. The van der Waals surface area contributed by atoms with Gasteiger partial charge in [0.1, 0.15) is 0 Å². The minimum Gasteiger partial charge on any atom is -0.378 e. The van der Waals surface area contributed by atoms with Gasteiger partial charge in [-0.05, 0) is 29.8 Å². The Morgan fingerprint density at radius 3 is 2.75 bits per heavy atom. The van der Waals surface area contributed by atoms with Gasteiger partial charge >= 0.3 is 0 Å². The number of thiophene rings is 1. The first-order chi connectivity index (χ1) is 9.54. The minimum atomic E-state index is 0.0583. The summed E-state index contributed by atoms with van der Waals surface area (Å²) in [5.41, 5.74) is 3.14. The second-order valence-electron chi connectivity index (χ2n) is 5.11. The number of nitrogens with zero attached hydrogens (tertiary/aromatic N) is 1. The molecule has 1 aliphatic heterocycles. The number of nitrogens with one attached hydrogen (secondary N) is 1. The van der Waals surface area contributed by atoms with Crippen LogP contribution in [0.4, 0.5) is 11.4 Å². The van der Waals surface area contributed by atoms with Crippen LogP contribution in [0.5, 0.6) is 0 Å². The molecule has 0 fully saturated rings. The highest BCUT2D eigenvalue weighted by molar-refractivity contribution is 7.16. The lowest BCUT2D eigenvalue weighted by Crippen LogP contribution is -2.23. The van der Waals surface area contributed by atoms with Gasteiger partial charge in [0.2, 0.25) is 5.91 Å². The van der Waals surface area contributed by atoms with Crippen molar-refractivity contribution in [2.24, 2.45) is 0 Å². The third kappa shape index (κ3) is 2.41. The van der Waals surface area contributed by atoms with E-state index in [0.717, 1.165) is 26.2 Å². The zero-order chi connectivity index (χ0) is 14.3. The van der Waals surface area contributed by atoms with Crippen molar-refractivity contribution >= 4 is 40.2 Å². The van der Waals surface area contributed by atoms with Crippen LogP contribution in [0.25, 0.3) is 0 Å². The van der Waals surface area contributed by atoms with Crippen LogP contribution in [-0.4, -0.2) is 20.0 Å². The third-order valence-electron chi connectivity index (χ3n) is 3.53. The summed E-state index contributed by atoms with van der Waals surface area (Å²) in [7, 11) is 3.98. The molecule has 3 rings (SSSR count). The SMILES string of the molecule is CN(C)c1ccc2c(c1)NC(=O)CC2c1ccc(Cl)s1. The van der Waals surface area contributed by atoms with E-state index in [4.69, 9.17) is 11.6 Å². The molecular formula is C15H15ClN2OS. The molecule has 2 heterocycles.